The van der Waals surface area contributed by atoms with Crippen LogP contribution in [-0.4, -0.2) is 57.5 Å². The first-order valence-electron chi connectivity index (χ1n) is 15.5. The van der Waals surface area contributed by atoms with Gasteiger partial charge < -0.3 is 20.0 Å². The van der Waals surface area contributed by atoms with Gasteiger partial charge in [-0.3, -0.25) is 9.48 Å². The van der Waals surface area contributed by atoms with Gasteiger partial charge in [-0.1, -0.05) is 23.7 Å². The van der Waals surface area contributed by atoms with Gasteiger partial charge in [0.2, 0.25) is 11.6 Å². The van der Waals surface area contributed by atoms with Gasteiger partial charge in [0.25, 0.3) is 0 Å². The lowest BCUT2D eigenvalue weighted by atomic mass is 10.0. The molecule has 1 saturated carbocycles. The molecule has 4 aromatic rings. The second-order valence-electron chi connectivity index (χ2n) is 12.1. The van der Waals surface area contributed by atoms with E-state index in [1.54, 1.807) is 29.2 Å². The van der Waals surface area contributed by atoms with Crippen LogP contribution in [-0.2, 0) is 4.79 Å². The SMILES string of the molecule is O=C(O)c1ccc(-c2cnn(C(C[C@@H]3C[C@H]3C(=O)N3CCCCC3)c3ccc(-c4c(OCC(F)(F)F)ccc(Cl)c4F)c[n+]3[O-])c2)cc1. The molecule has 6 rings (SSSR count). The van der Waals surface area contributed by atoms with Crippen molar-refractivity contribution in [3.8, 4) is 28.0 Å². The lowest BCUT2D eigenvalue weighted by Crippen LogP contribution is -2.37. The van der Waals surface area contributed by atoms with Gasteiger partial charge >= 0.3 is 12.1 Å². The maximum absolute atomic E-state index is 15.2. The highest BCUT2D eigenvalue weighted by Crippen LogP contribution is 2.47. The van der Waals surface area contributed by atoms with E-state index in [1.165, 1.54) is 24.3 Å². The summed E-state index contributed by atoms with van der Waals surface area (Å²) in [5.74, 6) is -2.64. The van der Waals surface area contributed by atoms with Crippen molar-refractivity contribution in [2.24, 2.45) is 11.8 Å². The first-order chi connectivity index (χ1) is 22.9. The second-order valence-corrected chi connectivity index (χ2v) is 12.5. The summed E-state index contributed by atoms with van der Waals surface area (Å²) in [6, 6.07) is 10.6. The van der Waals surface area contributed by atoms with Crippen molar-refractivity contribution < 1.29 is 41.7 Å². The number of alkyl halides is 3. The number of pyridine rings is 1. The fraction of sp³-hybridized carbons (Fsp3) is 0.353. The molecule has 2 aromatic carbocycles. The molecule has 3 heterocycles. The van der Waals surface area contributed by atoms with Crippen LogP contribution in [0.25, 0.3) is 22.3 Å². The van der Waals surface area contributed by atoms with Crippen molar-refractivity contribution in [2.75, 3.05) is 19.7 Å². The smallest absolute Gasteiger partial charge is 0.422 e. The number of piperidine rings is 1. The summed E-state index contributed by atoms with van der Waals surface area (Å²) < 4.78 is 61.0. The first-order valence-corrected chi connectivity index (χ1v) is 15.8. The van der Waals surface area contributed by atoms with Crippen LogP contribution in [0, 0.1) is 22.9 Å². The average Bonchev–Trinajstić information content (AvgIpc) is 3.67. The van der Waals surface area contributed by atoms with Gasteiger partial charge in [0.15, 0.2) is 18.6 Å². The Bertz CT molecular complexity index is 1830. The molecule has 1 N–H and O–H groups in total. The molecular weight excluding hydrogens is 656 g/mol. The van der Waals surface area contributed by atoms with Crippen LogP contribution in [0.1, 0.15) is 54.2 Å². The normalized spacial score (nSPS) is 18.4. The maximum atomic E-state index is 15.2. The number of carboxylic acid groups (broad SMARTS) is 1. The average molecular weight is 687 g/mol. The Labute approximate surface area is 277 Å². The van der Waals surface area contributed by atoms with Crippen molar-refractivity contribution in [1.82, 2.24) is 14.7 Å². The van der Waals surface area contributed by atoms with Crippen molar-refractivity contribution in [1.29, 1.82) is 0 Å². The van der Waals surface area contributed by atoms with Gasteiger partial charge in [0.05, 0.1) is 27.9 Å². The standard InChI is InChI=1S/C34H31ClF4N4O5/c35-26-9-11-29(48-19-34(37,38)39)30(31(26)36)22-8-10-27(43(47)18-22)28(15-23-14-25(23)32(44)41-12-2-1-3-13-41)42-17-24(16-40-42)20-4-6-21(7-5-20)33(45)46/h4-11,16-18,23,25,28H,1-3,12-15,19H2,(H,45,46)/t23-,25+,28?/m0/s1. The number of carbonyl (C=O) groups is 2. The molecule has 1 unspecified atom stereocenters. The number of ether oxygens (including phenoxy) is 1. The highest BCUT2D eigenvalue weighted by molar-refractivity contribution is 6.31. The summed E-state index contributed by atoms with van der Waals surface area (Å²) in [6.07, 6.45) is 3.74. The maximum Gasteiger partial charge on any atom is 0.422 e. The number of halogens is 5. The number of aromatic nitrogens is 3. The molecule has 0 spiro atoms. The molecule has 2 aliphatic rings. The van der Waals surface area contributed by atoms with E-state index < -0.39 is 36.4 Å². The molecule has 14 heteroatoms. The Hall–Kier alpha value is -4.65. The minimum Gasteiger partial charge on any atom is -0.618 e. The molecule has 1 aliphatic carbocycles. The van der Waals surface area contributed by atoms with E-state index in [1.807, 2.05) is 4.90 Å². The highest BCUT2D eigenvalue weighted by atomic mass is 35.5. The van der Waals surface area contributed by atoms with Crippen molar-refractivity contribution >= 4 is 23.5 Å². The van der Waals surface area contributed by atoms with Crippen LogP contribution in [0.15, 0.2) is 67.1 Å². The predicted molar refractivity (Wildman–Crippen MR) is 167 cm³/mol. The van der Waals surface area contributed by atoms with Gasteiger partial charge in [-0.05, 0) is 73.9 Å². The fourth-order valence-electron chi connectivity index (χ4n) is 6.25. The van der Waals surface area contributed by atoms with Crippen LogP contribution in [0.3, 0.4) is 0 Å². The van der Waals surface area contributed by atoms with E-state index in [0.29, 0.717) is 28.7 Å². The lowest BCUT2D eigenvalue weighted by Gasteiger charge is -2.27. The minimum absolute atomic E-state index is 0.0284. The topological polar surface area (TPSA) is 112 Å². The largest absolute Gasteiger partial charge is 0.618 e. The third kappa shape index (κ3) is 7.25. The van der Waals surface area contributed by atoms with Crippen molar-refractivity contribution in [3.05, 3.63) is 94.4 Å². The lowest BCUT2D eigenvalue weighted by molar-refractivity contribution is -0.615. The Morgan fingerprint density at radius 1 is 1.04 bits per heavy atom. The summed E-state index contributed by atoms with van der Waals surface area (Å²) in [5.41, 5.74) is 1.26. The molecule has 1 saturated heterocycles. The van der Waals surface area contributed by atoms with Gasteiger partial charge in [-0.2, -0.15) is 23.0 Å². The van der Waals surface area contributed by atoms with Crippen LogP contribution in [0.5, 0.6) is 5.75 Å². The molecule has 0 bridgehead atoms. The zero-order valence-corrected chi connectivity index (χ0v) is 26.3. The Balaban J connectivity index is 1.33. The summed E-state index contributed by atoms with van der Waals surface area (Å²) in [6.45, 7) is -0.213. The molecule has 1 amide bonds. The Kier molecular flexibility index (Phi) is 9.33. The highest BCUT2D eigenvalue weighted by Gasteiger charge is 2.47. The summed E-state index contributed by atoms with van der Waals surface area (Å²) >= 11 is 5.95. The molecular formula is C34H31ClF4N4O5. The van der Waals surface area contributed by atoms with Crippen molar-refractivity contribution in [3.63, 3.8) is 0 Å². The van der Waals surface area contributed by atoms with Gasteiger partial charge in [0, 0.05) is 36.8 Å². The molecule has 2 fully saturated rings. The molecule has 2 aromatic heterocycles. The zero-order chi connectivity index (χ0) is 34.2. The van der Waals surface area contributed by atoms with E-state index in [9.17, 15) is 33.1 Å². The third-order valence-corrected chi connectivity index (χ3v) is 9.13. The molecule has 3 atom stereocenters. The monoisotopic (exact) mass is 686 g/mol. The van der Waals surface area contributed by atoms with E-state index in [0.717, 1.165) is 50.7 Å². The number of rotatable bonds is 10. The molecule has 1 aliphatic heterocycles. The summed E-state index contributed by atoms with van der Waals surface area (Å²) in [5, 5.41) is 27.1. The van der Waals surface area contributed by atoms with E-state index in [2.05, 4.69) is 5.10 Å². The molecule has 9 nitrogen and oxygen atoms in total. The number of benzene rings is 2. The predicted octanol–water partition coefficient (Wildman–Crippen LogP) is 6.91. The van der Waals surface area contributed by atoms with E-state index >= 15 is 4.39 Å². The second kappa shape index (κ2) is 13.5. The summed E-state index contributed by atoms with van der Waals surface area (Å²) in [7, 11) is 0. The van der Waals surface area contributed by atoms with Gasteiger partial charge in [-0.25, -0.2) is 9.18 Å². The molecule has 0 radical (unpaired) electrons. The van der Waals surface area contributed by atoms with Crippen LogP contribution >= 0.6 is 11.6 Å². The van der Waals surface area contributed by atoms with Gasteiger partial charge in [-0.15, -0.1) is 0 Å². The van der Waals surface area contributed by atoms with Crippen LogP contribution < -0.4 is 9.47 Å². The van der Waals surface area contributed by atoms with Crippen molar-refractivity contribution in [2.45, 2.75) is 44.3 Å². The number of hydrogen-bond donors (Lipinski definition) is 1. The van der Waals surface area contributed by atoms with Crippen LogP contribution in [0.2, 0.25) is 5.02 Å². The fourth-order valence-corrected chi connectivity index (χ4v) is 6.41. The molecule has 252 valence electrons. The number of nitrogens with zero attached hydrogens (tertiary/aromatic N) is 4. The van der Waals surface area contributed by atoms with E-state index in [-0.39, 0.29) is 45.1 Å². The zero-order valence-electron chi connectivity index (χ0n) is 25.5. The number of likely N-dealkylation sites (tertiary alicyclic amines) is 1. The minimum atomic E-state index is -4.68. The Morgan fingerprint density at radius 3 is 2.42 bits per heavy atom. The number of carbonyl (C=O) groups excluding carboxylic acids is 1. The quantitative estimate of drug-likeness (QED) is 0.110. The number of aromatic carboxylic acids is 1. The number of hydrogen-bond acceptors (Lipinski definition) is 5. The molecule has 48 heavy (non-hydrogen) atoms. The third-order valence-electron chi connectivity index (χ3n) is 8.84. The van der Waals surface area contributed by atoms with Gasteiger partial charge in [0.1, 0.15) is 11.8 Å². The number of carboxylic acids is 1. The number of amides is 1. The summed E-state index contributed by atoms with van der Waals surface area (Å²) in [4.78, 5) is 26.4. The first kappa shape index (κ1) is 33.3. The van der Waals surface area contributed by atoms with Crippen LogP contribution in [0.4, 0.5) is 17.6 Å². The van der Waals surface area contributed by atoms with E-state index in [4.69, 9.17) is 16.3 Å². The Morgan fingerprint density at radius 2 is 1.75 bits per heavy atom.